The number of benzene rings is 2. The molecule has 2 aromatic carbocycles. The summed E-state index contributed by atoms with van der Waals surface area (Å²) in [4.78, 5) is 10.9. The molecule has 3 heteroatoms. The molecule has 0 atom stereocenters. The quantitative estimate of drug-likeness (QED) is 0.631. The molecule has 0 fully saturated rings. The highest BCUT2D eigenvalue weighted by Gasteiger charge is 2.01. The van der Waals surface area contributed by atoms with E-state index in [1.165, 1.54) is 11.1 Å². The largest absolute Gasteiger partial charge is 0.434 e. The van der Waals surface area contributed by atoms with Crippen LogP contribution < -0.4 is 5.23 Å². The lowest BCUT2D eigenvalue weighted by Crippen LogP contribution is -1.98. The first-order chi connectivity index (χ1) is 9.33. The normalized spacial score (nSPS) is 10.1. The summed E-state index contributed by atoms with van der Waals surface area (Å²) >= 11 is 0. The Hall–Kier alpha value is -2.03. The van der Waals surface area contributed by atoms with E-state index in [1.807, 2.05) is 26.2 Å². The number of aryl methyl sites for hydroxylation is 2. The first kappa shape index (κ1) is 13.4. The second kappa shape index (κ2) is 6.79. The minimum atomic E-state index is 0.717. The molecule has 0 amide bonds. The van der Waals surface area contributed by atoms with Gasteiger partial charge in [0.15, 0.2) is 6.29 Å². The summed E-state index contributed by atoms with van der Waals surface area (Å²) in [6, 6.07) is 16.5. The summed E-state index contributed by atoms with van der Waals surface area (Å²) < 4.78 is 0. The number of anilines is 1. The van der Waals surface area contributed by atoms with Crippen molar-refractivity contribution in [2.24, 2.45) is 0 Å². The van der Waals surface area contributed by atoms with Crippen LogP contribution in [0.15, 0.2) is 48.5 Å². The van der Waals surface area contributed by atoms with Crippen LogP contribution in [0.1, 0.15) is 27.9 Å². The molecule has 0 bridgehead atoms. The van der Waals surface area contributed by atoms with E-state index in [4.69, 9.17) is 0 Å². The molecule has 1 N–H and O–H groups in total. The Labute approximate surface area is 115 Å². The molecule has 2 aromatic rings. The highest BCUT2D eigenvalue weighted by Crippen LogP contribution is 2.17. The highest BCUT2D eigenvalue weighted by atomic mass is 16.1. The monoisotopic (exact) mass is 251 g/mol. The number of hydrogen-bond donors (Lipinski definition) is 1. The van der Waals surface area contributed by atoms with E-state index in [0.717, 1.165) is 31.2 Å². The third-order valence-corrected chi connectivity index (χ3v) is 3.29. The number of nitrogens with one attached hydrogen (secondary N) is 1. The van der Waals surface area contributed by atoms with E-state index in [0.29, 0.717) is 5.56 Å². The van der Waals surface area contributed by atoms with Gasteiger partial charge in [0.2, 0.25) is 7.98 Å². The second-order valence-corrected chi connectivity index (χ2v) is 4.63. The Morgan fingerprint density at radius 2 is 1.74 bits per heavy atom. The molecule has 0 radical (unpaired) electrons. The van der Waals surface area contributed by atoms with Crippen LogP contribution in [0.3, 0.4) is 0 Å². The average molecular weight is 251 g/mol. The van der Waals surface area contributed by atoms with Gasteiger partial charge in [-0.1, -0.05) is 36.4 Å². The Bertz CT molecular complexity index is 540. The summed E-state index contributed by atoms with van der Waals surface area (Å²) in [5, 5.41) is 3.06. The number of aldehydes is 1. The van der Waals surface area contributed by atoms with Crippen LogP contribution in [-0.2, 0) is 12.8 Å². The Morgan fingerprint density at radius 3 is 2.42 bits per heavy atom. The summed E-state index contributed by atoms with van der Waals surface area (Å²) in [6.45, 7) is 0. The topological polar surface area (TPSA) is 29.1 Å². The lowest BCUT2D eigenvalue weighted by Gasteiger charge is -2.08. The van der Waals surface area contributed by atoms with Crippen LogP contribution in [-0.4, -0.2) is 14.3 Å². The molecule has 0 aromatic heterocycles. The first-order valence-electron chi connectivity index (χ1n) is 6.63. The standard InChI is InChI=1S/C16H18BNO/c17-18-16-11-14(9-10-15(16)12-19)8-4-7-13-5-2-1-3-6-13/h1-3,5-6,9-12,18H,4,7-8,17H2. The Balaban J connectivity index is 1.94. The van der Waals surface area contributed by atoms with Gasteiger partial charge < -0.3 is 5.23 Å². The van der Waals surface area contributed by atoms with E-state index in [1.54, 1.807) is 0 Å². The number of carbonyl (C=O) groups is 1. The van der Waals surface area contributed by atoms with Gasteiger partial charge >= 0.3 is 0 Å². The third kappa shape index (κ3) is 3.72. The molecule has 0 heterocycles. The average Bonchev–Trinajstić information content (AvgIpc) is 2.48. The van der Waals surface area contributed by atoms with Gasteiger partial charge in [-0.25, -0.2) is 0 Å². The molecule has 0 saturated carbocycles. The molecule has 0 aliphatic carbocycles. The maximum absolute atomic E-state index is 10.9. The molecule has 19 heavy (non-hydrogen) atoms. The van der Waals surface area contributed by atoms with E-state index in [-0.39, 0.29) is 0 Å². The van der Waals surface area contributed by atoms with Gasteiger partial charge in [-0.2, -0.15) is 0 Å². The van der Waals surface area contributed by atoms with E-state index < -0.39 is 0 Å². The first-order valence-corrected chi connectivity index (χ1v) is 6.63. The zero-order chi connectivity index (χ0) is 13.5. The zero-order valence-corrected chi connectivity index (χ0v) is 11.2. The fraction of sp³-hybridized carbons (Fsp3) is 0.188. The lowest BCUT2D eigenvalue weighted by molar-refractivity contribution is 0.112. The van der Waals surface area contributed by atoms with Crippen molar-refractivity contribution >= 4 is 20.0 Å². The van der Waals surface area contributed by atoms with Gasteiger partial charge in [0.05, 0.1) is 0 Å². The minimum absolute atomic E-state index is 0.717. The summed E-state index contributed by atoms with van der Waals surface area (Å²) in [7, 11) is 1.84. The van der Waals surface area contributed by atoms with Crippen molar-refractivity contribution in [1.82, 2.24) is 0 Å². The van der Waals surface area contributed by atoms with Gasteiger partial charge in [0.1, 0.15) is 0 Å². The van der Waals surface area contributed by atoms with E-state index >= 15 is 0 Å². The van der Waals surface area contributed by atoms with Crippen LogP contribution in [0.4, 0.5) is 5.69 Å². The second-order valence-electron chi connectivity index (χ2n) is 4.63. The van der Waals surface area contributed by atoms with Gasteiger partial charge in [0, 0.05) is 11.3 Å². The van der Waals surface area contributed by atoms with Crippen molar-refractivity contribution < 1.29 is 4.79 Å². The molecular formula is C16H18BNO. The van der Waals surface area contributed by atoms with E-state index in [9.17, 15) is 4.79 Å². The van der Waals surface area contributed by atoms with E-state index in [2.05, 4.69) is 35.6 Å². The highest BCUT2D eigenvalue weighted by molar-refractivity contribution is 6.17. The van der Waals surface area contributed by atoms with Crippen molar-refractivity contribution in [3.8, 4) is 0 Å². The van der Waals surface area contributed by atoms with Crippen LogP contribution in [0.2, 0.25) is 0 Å². The minimum Gasteiger partial charge on any atom is -0.434 e. The molecule has 96 valence electrons. The summed E-state index contributed by atoms with van der Waals surface area (Å²) in [5.74, 6) is 0. The number of carbonyl (C=O) groups excluding carboxylic acids is 1. The van der Waals surface area contributed by atoms with Crippen molar-refractivity contribution in [3.63, 3.8) is 0 Å². The Morgan fingerprint density at radius 1 is 1.00 bits per heavy atom. The van der Waals surface area contributed by atoms with Crippen molar-refractivity contribution in [3.05, 3.63) is 65.2 Å². The fourth-order valence-electron chi connectivity index (χ4n) is 2.22. The maximum atomic E-state index is 10.9. The predicted molar refractivity (Wildman–Crippen MR) is 82.5 cm³/mol. The van der Waals surface area contributed by atoms with Crippen molar-refractivity contribution in [2.45, 2.75) is 19.3 Å². The molecule has 0 aliphatic rings. The summed E-state index contributed by atoms with van der Waals surface area (Å²) in [6.07, 6.45) is 4.13. The maximum Gasteiger partial charge on any atom is 0.214 e. The third-order valence-electron chi connectivity index (χ3n) is 3.29. The SMILES string of the molecule is BNc1cc(CCCc2ccccc2)ccc1C=O. The van der Waals surface area contributed by atoms with Gasteiger partial charge in [0.25, 0.3) is 0 Å². The lowest BCUT2D eigenvalue weighted by atomic mass is 10.0. The van der Waals surface area contributed by atoms with Crippen LogP contribution in [0.25, 0.3) is 0 Å². The van der Waals surface area contributed by atoms with Gasteiger partial charge in [-0.15, -0.1) is 0 Å². The molecule has 0 saturated heterocycles. The molecule has 2 nitrogen and oxygen atoms in total. The number of rotatable bonds is 6. The molecular weight excluding hydrogens is 233 g/mol. The van der Waals surface area contributed by atoms with Gasteiger partial charge in [-0.3, -0.25) is 4.79 Å². The van der Waals surface area contributed by atoms with Crippen LogP contribution in [0.5, 0.6) is 0 Å². The smallest absolute Gasteiger partial charge is 0.214 e. The molecule has 2 rings (SSSR count). The van der Waals surface area contributed by atoms with Gasteiger partial charge in [-0.05, 0) is 42.5 Å². The fourth-order valence-corrected chi connectivity index (χ4v) is 2.22. The molecule has 0 aliphatic heterocycles. The Kier molecular flexibility index (Phi) is 4.79. The van der Waals surface area contributed by atoms with Crippen LogP contribution in [0, 0.1) is 0 Å². The predicted octanol–water partition coefficient (Wildman–Crippen LogP) is 2.63. The molecule has 0 spiro atoms. The van der Waals surface area contributed by atoms with Crippen molar-refractivity contribution in [1.29, 1.82) is 0 Å². The van der Waals surface area contributed by atoms with Crippen molar-refractivity contribution in [2.75, 3.05) is 5.23 Å². The summed E-state index contributed by atoms with van der Waals surface area (Å²) in [5.41, 5.74) is 4.27. The van der Waals surface area contributed by atoms with Crippen LogP contribution >= 0.6 is 0 Å². The molecule has 0 unspecified atom stereocenters. The number of hydrogen-bond acceptors (Lipinski definition) is 2. The zero-order valence-electron chi connectivity index (χ0n) is 11.2.